The van der Waals surface area contributed by atoms with Crippen LogP contribution in [0.15, 0.2) is 47.4 Å². The molecule has 4 aliphatic carbocycles. The molecule has 2 aromatic carbocycles. The van der Waals surface area contributed by atoms with Crippen LogP contribution in [0.5, 0.6) is 0 Å². The smallest absolute Gasteiger partial charge is 0.435 e. The summed E-state index contributed by atoms with van der Waals surface area (Å²) in [5.74, 6) is -2.22. The highest BCUT2D eigenvalue weighted by Crippen LogP contribution is 2.60. The van der Waals surface area contributed by atoms with Crippen molar-refractivity contribution in [2.75, 3.05) is 6.54 Å². The Balaban J connectivity index is 1.50. The summed E-state index contributed by atoms with van der Waals surface area (Å²) in [7, 11) is -4.71. The minimum Gasteiger partial charge on any atom is -0.481 e. The number of aliphatic carboxylic acids is 1. The van der Waals surface area contributed by atoms with Gasteiger partial charge in [-0.2, -0.15) is 26.3 Å². The van der Waals surface area contributed by atoms with E-state index in [-0.39, 0.29) is 93.9 Å². The molecule has 2 aromatic rings. The number of fused-ring (bicyclic) bond motifs is 6. The van der Waals surface area contributed by atoms with Gasteiger partial charge in [-0.05, 0) is 93.5 Å². The number of carboxylic acids is 1. The quantitative estimate of drug-likeness (QED) is 0.336. The highest BCUT2D eigenvalue weighted by Gasteiger charge is 2.74. The van der Waals surface area contributed by atoms with Crippen molar-refractivity contribution in [3.63, 3.8) is 0 Å². The summed E-state index contributed by atoms with van der Waals surface area (Å²) in [5.41, 5.74) is -9.79. The van der Waals surface area contributed by atoms with Crippen molar-refractivity contribution in [2.45, 2.75) is 97.9 Å². The van der Waals surface area contributed by atoms with Crippen LogP contribution >= 0.6 is 0 Å². The molecular formula is C32H31F8NO5S. The van der Waals surface area contributed by atoms with Crippen LogP contribution in [0.2, 0.25) is 0 Å². The van der Waals surface area contributed by atoms with Gasteiger partial charge >= 0.3 is 24.0 Å². The van der Waals surface area contributed by atoms with Gasteiger partial charge in [0.25, 0.3) is 0 Å². The minimum absolute atomic E-state index is 0.0747. The molecule has 15 heteroatoms. The van der Waals surface area contributed by atoms with E-state index in [4.69, 9.17) is 0 Å². The molecule has 1 aliphatic heterocycles. The van der Waals surface area contributed by atoms with Crippen molar-refractivity contribution in [1.82, 2.24) is 4.90 Å². The van der Waals surface area contributed by atoms with Crippen molar-refractivity contribution in [1.29, 1.82) is 0 Å². The van der Waals surface area contributed by atoms with Crippen LogP contribution in [0.3, 0.4) is 0 Å². The summed E-state index contributed by atoms with van der Waals surface area (Å²) in [5, 5.41) is 9.81. The second kappa shape index (κ2) is 10.6. The molecule has 1 saturated heterocycles. The number of benzene rings is 2. The van der Waals surface area contributed by atoms with Gasteiger partial charge in [0, 0.05) is 17.5 Å². The van der Waals surface area contributed by atoms with E-state index in [0.29, 0.717) is 6.07 Å². The second-order valence-electron chi connectivity index (χ2n) is 13.4. The van der Waals surface area contributed by atoms with Crippen molar-refractivity contribution in [2.24, 2.45) is 10.8 Å². The first kappa shape index (κ1) is 33.7. The summed E-state index contributed by atoms with van der Waals surface area (Å²) in [6.07, 6.45) is -11.8. The summed E-state index contributed by atoms with van der Waals surface area (Å²) < 4.78 is 139. The lowest BCUT2D eigenvalue weighted by atomic mass is 9.53. The van der Waals surface area contributed by atoms with Gasteiger partial charge in [-0.3, -0.25) is 9.59 Å². The largest absolute Gasteiger partial charge is 0.481 e. The monoisotopic (exact) mass is 693 g/mol. The Labute approximate surface area is 265 Å². The summed E-state index contributed by atoms with van der Waals surface area (Å²) >= 11 is 0. The fraction of sp³-hybridized carbons (Fsp3) is 0.562. The average Bonchev–Trinajstić information content (AvgIpc) is 3.02. The maximum absolute atomic E-state index is 15.1. The molecule has 256 valence electrons. The van der Waals surface area contributed by atoms with Gasteiger partial charge in [0.05, 0.1) is 16.4 Å². The molecule has 3 saturated carbocycles. The number of amides is 1. The molecule has 0 spiro atoms. The van der Waals surface area contributed by atoms with E-state index in [2.05, 4.69) is 0 Å². The first-order valence-electron chi connectivity index (χ1n) is 15.3. The van der Waals surface area contributed by atoms with E-state index >= 15 is 4.39 Å². The number of carbonyl (C=O) groups excluding carboxylic acids is 1. The second-order valence-corrected chi connectivity index (χ2v) is 15.6. The predicted octanol–water partition coefficient (Wildman–Crippen LogP) is 7.15. The molecule has 47 heavy (non-hydrogen) atoms. The number of rotatable bonds is 5. The number of nitrogens with zero attached hydrogens (tertiary/aromatic N) is 1. The van der Waals surface area contributed by atoms with Gasteiger partial charge in [0.15, 0.2) is 9.84 Å². The zero-order valence-electron chi connectivity index (χ0n) is 24.9. The van der Waals surface area contributed by atoms with Crippen molar-refractivity contribution in [3.05, 3.63) is 65.0 Å². The van der Waals surface area contributed by atoms with Crippen LogP contribution in [0.1, 0.15) is 74.5 Å². The Bertz CT molecular complexity index is 1700. The van der Waals surface area contributed by atoms with Crippen LogP contribution in [0, 0.1) is 16.6 Å². The highest BCUT2D eigenvalue weighted by molar-refractivity contribution is 7.92. The number of halogens is 8. The SMILES string of the molecule is O=C(O)C12CCC(C(=O)N3CCCC4(S(=O)(=O)c5cccc(F)c5)c5ccc(C(F)(C(F)(F)F)C(F)(F)F)cc5CCC34)(CC1)CC2. The molecule has 1 amide bonds. The number of sulfone groups is 1. The number of alkyl halides is 7. The van der Waals surface area contributed by atoms with Crippen LogP contribution in [0.4, 0.5) is 35.1 Å². The lowest BCUT2D eigenvalue weighted by Gasteiger charge is -2.57. The number of hydrogen-bond acceptors (Lipinski definition) is 4. The third kappa shape index (κ3) is 4.64. The van der Waals surface area contributed by atoms with Gasteiger partial charge in [0.2, 0.25) is 5.91 Å². The Kier molecular flexibility index (Phi) is 7.62. The third-order valence-corrected chi connectivity index (χ3v) is 13.8. The van der Waals surface area contributed by atoms with Crippen molar-refractivity contribution in [3.8, 4) is 0 Å². The van der Waals surface area contributed by atoms with Gasteiger partial charge in [-0.25, -0.2) is 17.2 Å². The molecule has 1 heterocycles. The van der Waals surface area contributed by atoms with Crippen LogP contribution in [-0.2, 0) is 36.3 Å². The predicted molar refractivity (Wildman–Crippen MR) is 150 cm³/mol. The Hall–Kier alpha value is -3.23. The zero-order valence-corrected chi connectivity index (χ0v) is 25.7. The zero-order chi connectivity index (χ0) is 34.4. The van der Waals surface area contributed by atoms with Crippen LogP contribution < -0.4 is 0 Å². The van der Waals surface area contributed by atoms with Gasteiger partial charge in [0.1, 0.15) is 10.6 Å². The molecular weight excluding hydrogens is 662 g/mol. The average molecular weight is 694 g/mol. The highest BCUT2D eigenvalue weighted by atomic mass is 32.2. The summed E-state index contributed by atoms with van der Waals surface area (Å²) in [6.45, 7) is 0.110. The van der Waals surface area contributed by atoms with Crippen LogP contribution in [0.25, 0.3) is 0 Å². The van der Waals surface area contributed by atoms with E-state index in [1.54, 1.807) is 0 Å². The van der Waals surface area contributed by atoms with E-state index in [1.807, 2.05) is 0 Å². The maximum atomic E-state index is 15.1. The molecule has 5 aliphatic rings. The molecule has 4 fully saturated rings. The summed E-state index contributed by atoms with van der Waals surface area (Å²) in [4.78, 5) is 27.4. The van der Waals surface area contributed by atoms with E-state index in [1.165, 1.54) is 4.90 Å². The van der Waals surface area contributed by atoms with Gasteiger partial charge in [-0.15, -0.1) is 0 Å². The standard InChI is InChI=1S/C32H31F8NO5S/c33-21-3-1-4-22(18-21)47(45,46)29-9-2-16-41(25(42)27-10-13-28(14-11-27,15-12-27)26(43)44)24(29)8-5-19-17-20(6-7-23(19)29)30(34,31(35,36)37)32(38,39)40/h1,3-4,6-7,17-18,24H,2,5,8-16H2,(H,43,44). The lowest BCUT2D eigenvalue weighted by molar-refractivity contribution is -0.348. The van der Waals surface area contributed by atoms with Gasteiger partial charge in [-0.1, -0.05) is 24.3 Å². The minimum atomic E-state index is -6.38. The molecule has 0 radical (unpaired) electrons. The molecule has 2 bridgehead atoms. The van der Waals surface area contributed by atoms with E-state index in [0.717, 1.165) is 30.3 Å². The van der Waals surface area contributed by atoms with Crippen molar-refractivity contribution < 1.29 is 58.2 Å². The van der Waals surface area contributed by atoms with Crippen molar-refractivity contribution >= 4 is 21.7 Å². The number of aryl methyl sites for hydroxylation is 1. The first-order chi connectivity index (χ1) is 21.8. The number of piperidine rings is 1. The molecule has 6 nitrogen and oxygen atoms in total. The molecule has 2 atom stereocenters. The number of hydrogen-bond donors (Lipinski definition) is 1. The Morgan fingerprint density at radius 1 is 0.830 bits per heavy atom. The van der Waals surface area contributed by atoms with Gasteiger partial charge < -0.3 is 10.0 Å². The molecule has 2 unspecified atom stereocenters. The lowest BCUT2D eigenvalue weighted by Crippen LogP contribution is -2.65. The normalized spacial score (nSPS) is 29.6. The van der Waals surface area contributed by atoms with E-state index in [9.17, 15) is 53.8 Å². The first-order valence-corrected chi connectivity index (χ1v) is 16.8. The van der Waals surface area contributed by atoms with E-state index < -0.39 is 71.7 Å². The maximum Gasteiger partial charge on any atom is 0.435 e. The number of likely N-dealkylation sites (tertiary alicyclic amines) is 1. The fourth-order valence-corrected chi connectivity index (χ4v) is 11.1. The third-order valence-electron chi connectivity index (χ3n) is 11.3. The Morgan fingerprint density at radius 2 is 1.43 bits per heavy atom. The number of carbonyl (C=O) groups is 2. The van der Waals surface area contributed by atoms with Crippen LogP contribution in [-0.4, -0.2) is 55.2 Å². The molecule has 0 aromatic heterocycles. The molecule has 1 N–H and O–H groups in total. The Morgan fingerprint density at radius 3 is 1.98 bits per heavy atom. The molecule has 7 rings (SSSR count). The summed E-state index contributed by atoms with van der Waals surface area (Å²) in [6, 6.07) is 4.36. The fourth-order valence-electron chi connectivity index (χ4n) is 8.67. The number of carboxylic acid groups (broad SMARTS) is 1. The topological polar surface area (TPSA) is 91.8 Å².